The Morgan fingerprint density at radius 2 is 1.83 bits per heavy atom. The first-order valence-electron chi connectivity index (χ1n) is 6.54. The van der Waals surface area contributed by atoms with Crippen molar-refractivity contribution < 1.29 is 4.79 Å². The van der Waals surface area contributed by atoms with Gasteiger partial charge in [-0.3, -0.25) is 4.79 Å². The van der Waals surface area contributed by atoms with Gasteiger partial charge in [0, 0.05) is 18.8 Å². The van der Waals surface area contributed by atoms with Gasteiger partial charge in [0.1, 0.15) is 0 Å². The van der Waals surface area contributed by atoms with Crippen molar-refractivity contribution in [1.29, 1.82) is 0 Å². The molecular weight excluding hydrogens is 226 g/mol. The Bertz CT molecular complexity index is 336. The molecule has 0 unspecified atom stereocenters. The normalized spacial score (nSPS) is 10.4. The lowest BCUT2D eigenvalue weighted by Crippen LogP contribution is -2.37. The highest BCUT2D eigenvalue weighted by molar-refractivity contribution is 5.80. The molecule has 0 aliphatic rings. The molecule has 0 saturated carbocycles. The second-order valence-corrected chi connectivity index (χ2v) is 4.10. The first-order valence-corrected chi connectivity index (χ1v) is 6.54. The first-order chi connectivity index (χ1) is 8.76. The quantitative estimate of drug-likeness (QED) is 0.735. The van der Waals surface area contributed by atoms with Crippen molar-refractivity contribution in [2.24, 2.45) is 0 Å². The number of nitrogens with one attached hydrogen (secondary N) is 2. The molecule has 1 amide bonds. The molecule has 100 valence electrons. The predicted molar refractivity (Wildman–Crippen MR) is 75.7 cm³/mol. The fourth-order valence-electron chi connectivity index (χ4n) is 1.69. The molecule has 18 heavy (non-hydrogen) atoms. The zero-order valence-electron chi connectivity index (χ0n) is 11.3. The molecule has 0 heterocycles. The number of hydrogen-bond donors (Lipinski definition) is 2. The van der Waals surface area contributed by atoms with E-state index in [9.17, 15) is 4.79 Å². The highest BCUT2D eigenvalue weighted by atomic mass is 16.1. The van der Waals surface area contributed by atoms with Crippen molar-refractivity contribution in [3.8, 4) is 0 Å². The largest absolute Gasteiger partial charge is 0.376 e. The van der Waals surface area contributed by atoms with E-state index in [0.29, 0.717) is 13.1 Å². The van der Waals surface area contributed by atoms with E-state index in [0.717, 1.165) is 25.3 Å². The number of nitrogens with zero attached hydrogens (tertiary/aromatic N) is 1. The number of para-hydroxylation sites is 1. The number of likely N-dealkylation sites (N-methyl/N-ethyl adjacent to an activating group) is 1. The smallest absolute Gasteiger partial charge is 0.239 e. The molecule has 0 saturated heterocycles. The zero-order chi connectivity index (χ0) is 13.2. The van der Waals surface area contributed by atoms with Gasteiger partial charge in [-0.05, 0) is 25.2 Å². The molecule has 4 heteroatoms. The van der Waals surface area contributed by atoms with Crippen molar-refractivity contribution >= 4 is 11.6 Å². The van der Waals surface area contributed by atoms with E-state index in [1.165, 1.54) is 0 Å². The van der Waals surface area contributed by atoms with Crippen LogP contribution >= 0.6 is 0 Å². The number of anilines is 1. The van der Waals surface area contributed by atoms with Crippen molar-refractivity contribution in [1.82, 2.24) is 10.2 Å². The predicted octanol–water partition coefficient (Wildman–Crippen LogP) is 1.56. The molecule has 0 fully saturated rings. The minimum atomic E-state index is 0.0333. The molecule has 2 N–H and O–H groups in total. The summed E-state index contributed by atoms with van der Waals surface area (Å²) in [5.74, 6) is 0.0333. The van der Waals surface area contributed by atoms with Crippen molar-refractivity contribution in [3.63, 3.8) is 0 Å². The Balaban J connectivity index is 2.14. The summed E-state index contributed by atoms with van der Waals surface area (Å²) < 4.78 is 0. The van der Waals surface area contributed by atoms with Gasteiger partial charge in [0.2, 0.25) is 5.91 Å². The minimum Gasteiger partial charge on any atom is -0.376 e. The van der Waals surface area contributed by atoms with Crippen molar-refractivity contribution in [2.45, 2.75) is 13.8 Å². The Morgan fingerprint density at radius 3 is 2.44 bits per heavy atom. The molecule has 0 aliphatic carbocycles. The summed E-state index contributed by atoms with van der Waals surface area (Å²) in [5, 5.41) is 5.99. The average Bonchev–Trinajstić information content (AvgIpc) is 2.42. The van der Waals surface area contributed by atoms with Crippen LogP contribution in [0.15, 0.2) is 30.3 Å². The van der Waals surface area contributed by atoms with E-state index >= 15 is 0 Å². The van der Waals surface area contributed by atoms with Crippen molar-refractivity contribution in [3.05, 3.63) is 30.3 Å². The summed E-state index contributed by atoms with van der Waals surface area (Å²) in [5.41, 5.74) is 0.969. The number of carbonyl (C=O) groups is 1. The van der Waals surface area contributed by atoms with Crippen LogP contribution in [0.4, 0.5) is 5.69 Å². The summed E-state index contributed by atoms with van der Waals surface area (Å²) >= 11 is 0. The Labute approximate surface area is 109 Å². The van der Waals surface area contributed by atoms with E-state index in [1.807, 2.05) is 30.3 Å². The Hall–Kier alpha value is -1.55. The maximum atomic E-state index is 11.6. The number of carbonyl (C=O) groups excluding carboxylic acids is 1. The Kier molecular flexibility index (Phi) is 6.87. The van der Waals surface area contributed by atoms with Gasteiger partial charge in [0.15, 0.2) is 0 Å². The van der Waals surface area contributed by atoms with Crippen LogP contribution in [-0.4, -0.2) is 43.5 Å². The number of amides is 1. The monoisotopic (exact) mass is 249 g/mol. The van der Waals surface area contributed by atoms with Gasteiger partial charge in [-0.25, -0.2) is 0 Å². The fraction of sp³-hybridized carbons (Fsp3) is 0.500. The second-order valence-electron chi connectivity index (χ2n) is 4.10. The van der Waals surface area contributed by atoms with E-state index in [-0.39, 0.29) is 5.91 Å². The van der Waals surface area contributed by atoms with Gasteiger partial charge in [0.05, 0.1) is 6.54 Å². The number of rotatable bonds is 8. The molecule has 1 aromatic carbocycles. The van der Waals surface area contributed by atoms with Gasteiger partial charge >= 0.3 is 0 Å². The second kappa shape index (κ2) is 8.53. The van der Waals surface area contributed by atoms with Crippen molar-refractivity contribution in [2.75, 3.05) is 38.0 Å². The maximum absolute atomic E-state index is 11.6. The first kappa shape index (κ1) is 14.5. The molecule has 0 bridgehead atoms. The van der Waals surface area contributed by atoms with Crippen LogP contribution in [0, 0.1) is 0 Å². The van der Waals surface area contributed by atoms with E-state index < -0.39 is 0 Å². The number of benzene rings is 1. The molecule has 0 atom stereocenters. The SMILES string of the molecule is CCN(CC)CCNC(=O)CNc1ccccc1. The van der Waals surface area contributed by atoms with Crippen LogP contribution in [0.1, 0.15) is 13.8 Å². The van der Waals surface area contributed by atoms with E-state index in [2.05, 4.69) is 29.4 Å². The third-order valence-corrected chi connectivity index (χ3v) is 2.87. The molecule has 0 aliphatic heterocycles. The summed E-state index contributed by atoms with van der Waals surface area (Å²) in [7, 11) is 0. The lowest BCUT2D eigenvalue weighted by atomic mass is 10.3. The molecule has 1 aromatic rings. The topological polar surface area (TPSA) is 44.4 Å². The maximum Gasteiger partial charge on any atom is 0.239 e. The molecule has 0 radical (unpaired) electrons. The zero-order valence-corrected chi connectivity index (χ0v) is 11.3. The highest BCUT2D eigenvalue weighted by Gasteiger charge is 2.02. The summed E-state index contributed by atoms with van der Waals surface area (Å²) in [4.78, 5) is 13.9. The third kappa shape index (κ3) is 5.68. The molecule has 0 spiro atoms. The summed E-state index contributed by atoms with van der Waals surface area (Å²) in [6.45, 7) is 8.23. The van der Waals surface area contributed by atoms with Gasteiger partial charge in [-0.15, -0.1) is 0 Å². The van der Waals surface area contributed by atoms with Gasteiger partial charge in [-0.1, -0.05) is 32.0 Å². The van der Waals surface area contributed by atoms with Crippen LogP contribution in [0.2, 0.25) is 0 Å². The minimum absolute atomic E-state index is 0.0333. The fourth-order valence-corrected chi connectivity index (χ4v) is 1.69. The van der Waals surface area contributed by atoms with Crippen LogP contribution in [0.25, 0.3) is 0 Å². The lowest BCUT2D eigenvalue weighted by molar-refractivity contribution is -0.119. The van der Waals surface area contributed by atoms with Crippen LogP contribution in [-0.2, 0) is 4.79 Å². The molecule has 0 aromatic heterocycles. The van der Waals surface area contributed by atoms with Gasteiger partial charge in [-0.2, -0.15) is 0 Å². The molecule has 1 rings (SSSR count). The molecular formula is C14H23N3O. The Morgan fingerprint density at radius 1 is 1.17 bits per heavy atom. The van der Waals surface area contributed by atoms with E-state index in [4.69, 9.17) is 0 Å². The summed E-state index contributed by atoms with van der Waals surface area (Å²) in [6, 6.07) is 9.74. The van der Waals surface area contributed by atoms with Crippen LogP contribution in [0.5, 0.6) is 0 Å². The van der Waals surface area contributed by atoms with Crippen LogP contribution < -0.4 is 10.6 Å². The third-order valence-electron chi connectivity index (χ3n) is 2.87. The summed E-state index contributed by atoms with van der Waals surface area (Å²) in [6.07, 6.45) is 0. The lowest BCUT2D eigenvalue weighted by Gasteiger charge is -2.18. The van der Waals surface area contributed by atoms with E-state index in [1.54, 1.807) is 0 Å². The highest BCUT2D eigenvalue weighted by Crippen LogP contribution is 2.03. The van der Waals surface area contributed by atoms with Gasteiger partial charge in [0.25, 0.3) is 0 Å². The molecule has 4 nitrogen and oxygen atoms in total. The van der Waals surface area contributed by atoms with Gasteiger partial charge < -0.3 is 15.5 Å². The standard InChI is InChI=1S/C14H23N3O/c1-3-17(4-2)11-10-15-14(18)12-16-13-8-6-5-7-9-13/h5-9,16H,3-4,10-12H2,1-2H3,(H,15,18). The number of hydrogen-bond acceptors (Lipinski definition) is 3. The average molecular weight is 249 g/mol. The van der Waals surface area contributed by atoms with Crippen LogP contribution in [0.3, 0.4) is 0 Å².